The maximum Gasteiger partial charge on any atom is 0.401 e. The van der Waals surface area contributed by atoms with Crippen molar-refractivity contribution in [2.45, 2.75) is 31.3 Å². The van der Waals surface area contributed by atoms with Crippen LogP contribution in [0.2, 0.25) is 0 Å². The molecule has 0 aromatic rings. The summed E-state index contributed by atoms with van der Waals surface area (Å²) in [5.41, 5.74) is 0. The smallest absolute Gasteiger partial charge is 0.377 e. The molecule has 1 unspecified atom stereocenters. The highest BCUT2D eigenvalue weighted by Crippen LogP contribution is 2.38. The molecule has 0 aromatic heterocycles. The van der Waals surface area contributed by atoms with Crippen LogP contribution >= 0.6 is 0 Å². The predicted molar refractivity (Wildman–Crippen MR) is 47.4 cm³/mol. The molecule has 0 aliphatic carbocycles. The van der Waals surface area contributed by atoms with Crippen molar-refractivity contribution in [3.8, 4) is 0 Å². The fraction of sp³-hybridized carbons (Fsp3) is 1.00. The van der Waals surface area contributed by atoms with Gasteiger partial charge >= 0.3 is 12.4 Å². The summed E-state index contributed by atoms with van der Waals surface area (Å²) in [6.45, 7) is -0.635. The van der Waals surface area contributed by atoms with E-state index in [4.69, 9.17) is 4.74 Å². The standard InChI is InChI=1S/C9H13F6NO/c10-8(11,12)7(9(13,14)15)5-16-4-6-2-1-3-17-6/h6-7,16H,1-5H2. The normalized spacial score (nSPS) is 22.4. The average Bonchev–Trinajstić information content (AvgIpc) is 2.60. The lowest BCUT2D eigenvalue weighted by Crippen LogP contribution is -2.44. The maximum absolute atomic E-state index is 12.1. The predicted octanol–water partition coefficient (Wildman–Crippen LogP) is 2.50. The summed E-state index contributed by atoms with van der Waals surface area (Å²) in [6.07, 6.45) is -9.38. The van der Waals surface area contributed by atoms with Crippen molar-refractivity contribution in [1.82, 2.24) is 5.32 Å². The number of rotatable bonds is 4. The van der Waals surface area contributed by atoms with Gasteiger partial charge in [0.25, 0.3) is 0 Å². The Balaban J connectivity index is 2.39. The molecule has 0 amide bonds. The second-order valence-corrected chi connectivity index (χ2v) is 3.93. The number of ether oxygens (including phenoxy) is 1. The van der Waals surface area contributed by atoms with Gasteiger partial charge in [0, 0.05) is 19.7 Å². The van der Waals surface area contributed by atoms with Crippen molar-refractivity contribution in [2.24, 2.45) is 5.92 Å². The lowest BCUT2D eigenvalue weighted by Gasteiger charge is -2.23. The summed E-state index contributed by atoms with van der Waals surface area (Å²) < 4.78 is 77.8. The Morgan fingerprint density at radius 2 is 1.71 bits per heavy atom. The van der Waals surface area contributed by atoms with E-state index in [1.807, 2.05) is 0 Å². The van der Waals surface area contributed by atoms with Gasteiger partial charge in [-0.15, -0.1) is 0 Å². The molecule has 1 rings (SSSR count). The molecule has 1 fully saturated rings. The highest BCUT2D eigenvalue weighted by Gasteiger charge is 2.56. The first-order valence-corrected chi connectivity index (χ1v) is 5.17. The van der Waals surface area contributed by atoms with Gasteiger partial charge in [-0.1, -0.05) is 0 Å². The van der Waals surface area contributed by atoms with Crippen LogP contribution in [0.4, 0.5) is 26.3 Å². The third-order valence-corrected chi connectivity index (χ3v) is 2.53. The van der Waals surface area contributed by atoms with Crippen LogP contribution in [0.1, 0.15) is 12.8 Å². The van der Waals surface area contributed by atoms with Gasteiger partial charge in [0.15, 0.2) is 5.92 Å². The van der Waals surface area contributed by atoms with Gasteiger partial charge in [-0.3, -0.25) is 0 Å². The molecule has 8 heteroatoms. The molecule has 1 aliphatic heterocycles. The van der Waals surface area contributed by atoms with E-state index < -0.39 is 24.8 Å². The fourth-order valence-corrected chi connectivity index (χ4v) is 1.61. The molecule has 0 saturated carbocycles. The van der Waals surface area contributed by atoms with Crippen LogP contribution in [0.5, 0.6) is 0 Å². The molecular formula is C9H13F6NO. The highest BCUT2D eigenvalue weighted by molar-refractivity contribution is 4.78. The number of hydrogen-bond donors (Lipinski definition) is 1. The van der Waals surface area contributed by atoms with Crippen molar-refractivity contribution >= 4 is 0 Å². The van der Waals surface area contributed by atoms with E-state index in [9.17, 15) is 26.3 Å². The zero-order valence-electron chi connectivity index (χ0n) is 8.87. The highest BCUT2D eigenvalue weighted by atomic mass is 19.4. The molecule has 1 N–H and O–H groups in total. The second-order valence-electron chi connectivity index (χ2n) is 3.93. The Morgan fingerprint density at radius 3 is 2.12 bits per heavy atom. The molecule has 17 heavy (non-hydrogen) atoms. The van der Waals surface area contributed by atoms with Crippen molar-refractivity contribution in [3.05, 3.63) is 0 Å². The Labute approximate surface area is 94.3 Å². The van der Waals surface area contributed by atoms with Gasteiger partial charge in [-0.2, -0.15) is 26.3 Å². The van der Waals surface area contributed by atoms with Crippen molar-refractivity contribution < 1.29 is 31.1 Å². The third kappa shape index (κ3) is 4.71. The minimum atomic E-state index is -5.28. The summed E-state index contributed by atoms with van der Waals surface area (Å²) in [6, 6.07) is 0. The molecule has 1 aliphatic rings. The third-order valence-electron chi connectivity index (χ3n) is 2.53. The van der Waals surface area contributed by atoms with Crippen LogP contribution in [-0.4, -0.2) is 38.2 Å². The second kappa shape index (κ2) is 5.43. The molecule has 2 nitrogen and oxygen atoms in total. The first-order valence-electron chi connectivity index (χ1n) is 5.17. The first-order chi connectivity index (χ1) is 7.71. The van der Waals surface area contributed by atoms with Gasteiger partial charge in [0.1, 0.15) is 0 Å². The molecule has 0 aromatic carbocycles. The Kier molecular flexibility index (Phi) is 4.65. The molecular weight excluding hydrogens is 252 g/mol. The number of hydrogen-bond acceptors (Lipinski definition) is 2. The Hall–Kier alpha value is -0.500. The van der Waals surface area contributed by atoms with Crippen LogP contribution < -0.4 is 5.32 Å². The lowest BCUT2D eigenvalue weighted by molar-refractivity contribution is -0.282. The van der Waals surface area contributed by atoms with E-state index in [1.54, 1.807) is 0 Å². The lowest BCUT2D eigenvalue weighted by atomic mass is 10.1. The van der Waals surface area contributed by atoms with E-state index in [0.29, 0.717) is 13.0 Å². The van der Waals surface area contributed by atoms with Crippen LogP contribution in [0.3, 0.4) is 0 Å². The summed E-state index contributed by atoms with van der Waals surface area (Å²) in [5.74, 6) is -3.32. The number of halogens is 6. The van der Waals surface area contributed by atoms with Crippen LogP contribution in [0.25, 0.3) is 0 Å². The molecule has 0 spiro atoms. The van der Waals surface area contributed by atoms with Crippen LogP contribution in [0, 0.1) is 5.92 Å². The molecule has 1 heterocycles. The van der Waals surface area contributed by atoms with Crippen molar-refractivity contribution in [3.63, 3.8) is 0 Å². The number of alkyl halides is 6. The van der Waals surface area contributed by atoms with E-state index >= 15 is 0 Å². The van der Waals surface area contributed by atoms with Gasteiger partial charge in [-0.05, 0) is 12.8 Å². The summed E-state index contributed by atoms with van der Waals surface area (Å²) in [7, 11) is 0. The van der Waals surface area contributed by atoms with Gasteiger partial charge in [0.2, 0.25) is 0 Å². The maximum atomic E-state index is 12.1. The Morgan fingerprint density at radius 1 is 1.12 bits per heavy atom. The van der Waals surface area contributed by atoms with Crippen molar-refractivity contribution in [2.75, 3.05) is 19.7 Å². The van der Waals surface area contributed by atoms with Crippen LogP contribution in [-0.2, 0) is 4.74 Å². The van der Waals surface area contributed by atoms with E-state index in [1.165, 1.54) is 0 Å². The monoisotopic (exact) mass is 265 g/mol. The van der Waals surface area contributed by atoms with Crippen LogP contribution in [0.15, 0.2) is 0 Å². The minimum Gasteiger partial charge on any atom is -0.377 e. The fourth-order valence-electron chi connectivity index (χ4n) is 1.61. The average molecular weight is 265 g/mol. The molecule has 1 atom stereocenters. The zero-order chi connectivity index (χ0) is 13.1. The molecule has 102 valence electrons. The van der Waals surface area contributed by atoms with Gasteiger partial charge in [0.05, 0.1) is 6.10 Å². The van der Waals surface area contributed by atoms with Gasteiger partial charge in [-0.25, -0.2) is 0 Å². The topological polar surface area (TPSA) is 21.3 Å². The first kappa shape index (κ1) is 14.6. The summed E-state index contributed by atoms with van der Waals surface area (Å²) in [5, 5.41) is 2.18. The molecule has 0 bridgehead atoms. The van der Waals surface area contributed by atoms with Crippen molar-refractivity contribution in [1.29, 1.82) is 0 Å². The summed E-state index contributed by atoms with van der Waals surface area (Å²) >= 11 is 0. The van der Waals surface area contributed by atoms with E-state index in [-0.39, 0.29) is 12.6 Å². The Bertz CT molecular complexity index is 219. The SMILES string of the molecule is FC(F)(F)C(CNCC1CCCO1)C(F)(F)F. The van der Waals surface area contributed by atoms with E-state index in [0.717, 1.165) is 6.42 Å². The quantitative estimate of drug-likeness (QED) is 0.788. The summed E-state index contributed by atoms with van der Waals surface area (Å²) in [4.78, 5) is 0. The number of nitrogens with one attached hydrogen (secondary N) is 1. The zero-order valence-corrected chi connectivity index (χ0v) is 8.87. The minimum absolute atomic E-state index is 0.0165. The van der Waals surface area contributed by atoms with Gasteiger partial charge < -0.3 is 10.1 Å². The largest absolute Gasteiger partial charge is 0.401 e. The molecule has 1 saturated heterocycles. The molecule has 0 radical (unpaired) electrons. The van der Waals surface area contributed by atoms with E-state index in [2.05, 4.69) is 5.32 Å².